The number of likely N-dealkylation sites (tertiary alicyclic amines) is 1. The van der Waals surface area contributed by atoms with Crippen LogP contribution in [0.2, 0.25) is 0 Å². The molecule has 24 nitrogen and oxygen atoms in total. The van der Waals surface area contributed by atoms with Crippen molar-refractivity contribution in [3.05, 3.63) is 29.8 Å². The van der Waals surface area contributed by atoms with Gasteiger partial charge < -0.3 is 59.5 Å². The molecule has 1 unspecified atom stereocenters. The highest BCUT2D eigenvalue weighted by Crippen LogP contribution is 2.35. The van der Waals surface area contributed by atoms with Gasteiger partial charge in [-0.25, -0.2) is 0 Å². The maximum absolute atomic E-state index is 14.1. The van der Waals surface area contributed by atoms with Crippen molar-refractivity contribution < 1.29 is 57.8 Å². The molecule has 0 radical (unpaired) electrons. The van der Waals surface area contributed by atoms with Crippen LogP contribution in [0, 0.1) is 11.8 Å². The van der Waals surface area contributed by atoms with Crippen molar-refractivity contribution in [3.8, 4) is 5.75 Å². The molecule has 2 heterocycles. The molecule has 2 saturated heterocycles. The zero-order chi connectivity index (χ0) is 52.2. The number of nitrogens with two attached hydrogens (primary N) is 4. The molecule has 1 aromatic carbocycles. The lowest BCUT2D eigenvalue weighted by Crippen LogP contribution is -2.61. The van der Waals surface area contributed by atoms with Gasteiger partial charge in [0, 0.05) is 30.9 Å². The van der Waals surface area contributed by atoms with Gasteiger partial charge in [0.2, 0.25) is 65.0 Å². The van der Waals surface area contributed by atoms with Crippen molar-refractivity contribution >= 4 is 96.4 Å². The monoisotopic (exact) mass is 1040 g/mol. The van der Waals surface area contributed by atoms with E-state index in [0.717, 1.165) is 31.4 Å². The minimum absolute atomic E-state index is 0.0110. The van der Waals surface area contributed by atoms with E-state index in [1.807, 2.05) is 13.8 Å². The lowest BCUT2D eigenvalue weighted by atomic mass is 9.96. The summed E-state index contributed by atoms with van der Waals surface area (Å²) in [5, 5.41) is 27.5. The Kier molecular flexibility index (Phi) is 24.2. The number of imide groups is 1. The van der Waals surface area contributed by atoms with E-state index in [1.165, 1.54) is 29.2 Å². The van der Waals surface area contributed by atoms with Gasteiger partial charge in [-0.1, -0.05) is 67.8 Å². The minimum Gasteiger partial charge on any atom is -0.508 e. The Morgan fingerprint density at radius 1 is 0.786 bits per heavy atom. The molecule has 0 aromatic heterocycles. The summed E-state index contributed by atoms with van der Waals surface area (Å²) in [4.78, 5) is 148. The number of nitrogens with one attached hydrogen (secondary N) is 7. The van der Waals surface area contributed by atoms with E-state index in [1.54, 1.807) is 13.8 Å². The van der Waals surface area contributed by atoms with Gasteiger partial charge in [0.25, 0.3) is 0 Å². The van der Waals surface area contributed by atoms with Gasteiger partial charge in [0.1, 0.15) is 42.0 Å². The fraction of sp³-hybridized carbons (Fsp3) is 0.605. The molecule has 0 bridgehead atoms. The van der Waals surface area contributed by atoms with Crippen LogP contribution in [0.25, 0.3) is 0 Å². The van der Waals surface area contributed by atoms with Gasteiger partial charge in [0.05, 0.1) is 25.0 Å². The van der Waals surface area contributed by atoms with Crippen LogP contribution in [-0.4, -0.2) is 148 Å². The van der Waals surface area contributed by atoms with E-state index in [-0.39, 0.29) is 49.1 Å². The molecule has 2 aliphatic rings. The summed E-state index contributed by atoms with van der Waals surface area (Å²) < 4.78 is 0. The molecule has 27 heteroatoms. The number of hydrogen-bond acceptors (Lipinski definition) is 17. The van der Waals surface area contributed by atoms with Crippen LogP contribution in [0.15, 0.2) is 24.3 Å². The number of phenols is 1. The number of rotatable bonds is 17. The Morgan fingerprint density at radius 3 is 2.03 bits per heavy atom. The minimum atomic E-state index is -1.83. The van der Waals surface area contributed by atoms with Crippen LogP contribution >= 0.6 is 31.4 Å². The first kappa shape index (κ1) is 58.7. The van der Waals surface area contributed by atoms with Crippen molar-refractivity contribution in [1.29, 1.82) is 0 Å². The van der Waals surface area contributed by atoms with E-state index in [9.17, 15) is 57.8 Å². The fourth-order valence-corrected chi connectivity index (χ4v) is 11.2. The molecule has 2 aliphatic heterocycles. The van der Waals surface area contributed by atoms with E-state index >= 15 is 0 Å². The van der Waals surface area contributed by atoms with Crippen LogP contribution in [0.4, 0.5) is 0 Å². The number of carbonyl (C=O) groups is 11. The zero-order valence-corrected chi connectivity index (χ0v) is 41.9. The van der Waals surface area contributed by atoms with Crippen molar-refractivity contribution in [2.45, 2.75) is 127 Å². The Bertz CT molecular complexity index is 2070. The number of benzene rings is 1. The molecule has 16 N–H and O–H groups in total. The maximum Gasteiger partial charge on any atom is 0.250 e. The lowest BCUT2D eigenvalue weighted by molar-refractivity contribution is -0.141. The third-order valence-corrected chi connectivity index (χ3v) is 15.6. The van der Waals surface area contributed by atoms with Crippen LogP contribution in [0.5, 0.6) is 5.75 Å². The molecular formula is C43H66N12O12S3. The Balaban J connectivity index is 2.02. The van der Waals surface area contributed by atoms with Gasteiger partial charge in [0.15, 0.2) is 0 Å². The molecule has 11 amide bonds. The van der Waals surface area contributed by atoms with Crippen LogP contribution in [0.1, 0.15) is 78.2 Å². The zero-order valence-electron chi connectivity index (χ0n) is 39.5. The van der Waals surface area contributed by atoms with Gasteiger partial charge in [-0.05, 0) is 65.0 Å². The summed E-state index contributed by atoms with van der Waals surface area (Å²) in [6.45, 7) is 7.02. The number of phenolic OH excluding ortho intramolecular Hbond substituents is 1. The van der Waals surface area contributed by atoms with Crippen molar-refractivity contribution in [3.63, 3.8) is 0 Å². The van der Waals surface area contributed by atoms with Gasteiger partial charge in [-0.15, -0.1) is 0 Å². The maximum atomic E-state index is 14.1. The molecule has 9 atom stereocenters. The van der Waals surface area contributed by atoms with Crippen molar-refractivity contribution in [2.24, 2.45) is 34.8 Å². The van der Waals surface area contributed by atoms with Crippen molar-refractivity contribution in [2.75, 3.05) is 24.6 Å². The Hall–Kier alpha value is -5.64. The van der Waals surface area contributed by atoms with Gasteiger partial charge in [-0.2, -0.15) is 0 Å². The van der Waals surface area contributed by atoms with Gasteiger partial charge in [-0.3, -0.25) is 63.4 Å². The summed E-state index contributed by atoms with van der Waals surface area (Å²) in [5.74, 6) is -10.6. The summed E-state index contributed by atoms with van der Waals surface area (Å²) in [5.41, 5.74) is 23.0. The smallest absolute Gasteiger partial charge is 0.250 e. The van der Waals surface area contributed by atoms with Crippen LogP contribution in [0.3, 0.4) is 0 Å². The normalized spacial score (nSPS) is 24.6. The molecule has 0 aliphatic carbocycles. The summed E-state index contributed by atoms with van der Waals surface area (Å²) >= 11 is 0. The molecular weight excluding hydrogens is 973 g/mol. The molecule has 388 valence electrons. The Labute approximate surface area is 417 Å². The van der Waals surface area contributed by atoms with E-state index < -0.39 is 138 Å². The van der Waals surface area contributed by atoms with Gasteiger partial charge >= 0.3 is 0 Å². The molecule has 1 aromatic rings. The van der Waals surface area contributed by atoms with Crippen LogP contribution in [-0.2, 0) is 59.2 Å². The summed E-state index contributed by atoms with van der Waals surface area (Å²) in [6, 6.07) is -4.89. The number of aromatic hydroxyl groups is 1. The van der Waals surface area contributed by atoms with E-state index in [2.05, 4.69) is 37.2 Å². The second-order valence-electron chi connectivity index (χ2n) is 17.5. The SMILES string of the molecule is CCC(C)[C@@H]1NC(=O)[C@H](Cc2ccc(O)cc2)NC(=O)[C@@H](N)CSSSC[C@H](NC(=O)[C@@H]2CCCN2C(=O)[C@H](CC(C)C)NCC(N)=O)C(=O)NC(=O)[C@@H](CC(N)=O)NC(=O)[C@H](CCC(N)=O)NC1=O. The first-order chi connectivity index (χ1) is 33.0. The standard InChI is InChI=1S/C43H66N12O12S3/c1-5-22(4)35-42(66)49-26(12-13-32(45)57)37(61)51-28(17-33(46)58)39(63)54-40(64)30(52-41(65)31-7-6-14-55(31)43(67)29(15-21(2)3)48-18-34(47)59)20-69-70-68-19-25(44)36(60)50-27(38(62)53-35)16-23-8-10-24(56)11-9-23/h8-11,21-22,25-31,35,48,56H,5-7,12-20,44H2,1-4H3,(H2,45,57)(H2,46,58)(H2,47,59)(H,49,66)(H,50,60)(H,51,61)(H,52,65)(H,53,62)(H,54,63,64)/t22?,25-,26-,27-,28+,29-,30-,31-,35-/m0/s1. The average Bonchev–Trinajstić information content (AvgIpc) is 3.79. The highest BCUT2D eigenvalue weighted by atomic mass is 33.5. The number of nitrogens with zero attached hydrogens (tertiary/aromatic N) is 1. The summed E-state index contributed by atoms with van der Waals surface area (Å²) in [7, 11) is 3.20. The first-order valence-corrected chi connectivity index (χ1v) is 26.5. The highest BCUT2D eigenvalue weighted by Gasteiger charge is 2.40. The quantitative estimate of drug-likeness (QED) is 0.0548. The largest absolute Gasteiger partial charge is 0.508 e. The number of hydrogen-bond donors (Lipinski definition) is 12. The summed E-state index contributed by atoms with van der Waals surface area (Å²) in [6.07, 6.45) is -0.551. The third kappa shape index (κ3) is 19.3. The van der Waals surface area contributed by atoms with Crippen molar-refractivity contribution in [1.82, 2.24) is 42.1 Å². The Morgan fingerprint density at radius 2 is 1.41 bits per heavy atom. The average molecular weight is 1040 g/mol. The second kappa shape index (κ2) is 28.9. The first-order valence-electron chi connectivity index (χ1n) is 22.7. The number of carbonyl (C=O) groups excluding carboxylic acids is 11. The molecule has 70 heavy (non-hydrogen) atoms. The number of primary amides is 3. The molecule has 3 rings (SSSR count). The number of amides is 11. The lowest BCUT2D eigenvalue weighted by Gasteiger charge is -2.30. The molecule has 0 spiro atoms. The molecule has 2 fully saturated rings. The molecule has 0 saturated carbocycles. The third-order valence-electron chi connectivity index (χ3n) is 11.3. The fourth-order valence-electron chi connectivity index (χ4n) is 7.33. The topological polar surface area (TPSA) is 400 Å². The van der Waals surface area contributed by atoms with Crippen LogP contribution < -0.4 is 60.2 Å². The predicted octanol–water partition coefficient (Wildman–Crippen LogP) is -2.96. The highest BCUT2D eigenvalue weighted by molar-refractivity contribution is 9.09. The second-order valence-corrected chi connectivity index (χ2v) is 21.8. The van der Waals surface area contributed by atoms with E-state index in [4.69, 9.17) is 22.9 Å². The predicted molar refractivity (Wildman–Crippen MR) is 262 cm³/mol. The van der Waals surface area contributed by atoms with E-state index in [0.29, 0.717) is 24.8 Å².